The monoisotopic (exact) mass is 506 g/mol. The van der Waals surface area contributed by atoms with Crippen LogP contribution in [0.3, 0.4) is 0 Å². The Morgan fingerprint density at radius 1 is 1.11 bits per heavy atom. The third-order valence-corrected chi connectivity index (χ3v) is 7.66. The molecule has 0 radical (unpaired) electrons. The number of benzene rings is 1. The van der Waals surface area contributed by atoms with Gasteiger partial charge in [0.2, 0.25) is 0 Å². The average Bonchev–Trinajstić information content (AvgIpc) is 3.78. The van der Waals surface area contributed by atoms with Crippen LogP contribution in [0.2, 0.25) is 0 Å². The molecule has 3 heterocycles. The van der Waals surface area contributed by atoms with Crippen molar-refractivity contribution in [2.24, 2.45) is 0 Å². The Bertz CT molecular complexity index is 1090. The van der Waals surface area contributed by atoms with Gasteiger partial charge in [-0.25, -0.2) is 9.97 Å². The fourth-order valence-corrected chi connectivity index (χ4v) is 5.32. The predicted molar refractivity (Wildman–Crippen MR) is 140 cm³/mol. The highest BCUT2D eigenvalue weighted by atomic mass is 16.5. The van der Waals surface area contributed by atoms with E-state index in [1.54, 1.807) is 17.3 Å². The molecule has 198 valence electrons. The van der Waals surface area contributed by atoms with Gasteiger partial charge in [0, 0.05) is 31.4 Å². The lowest BCUT2D eigenvalue weighted by Crippen LogP contribution is -2.62. The van der Waals surface area contributed by atoms with Crippen molar-refractivity contribution < 1.29 is 19.1 Å². The number of aromatic nitrogens is 2. The van der Waals surface area contributed by atoms with Gasteiger partial charge in [0.05, 0.1) is 25.3 Å². The lowest BCUT2D eigenvalue weighted by Gasteiger charge is -2.44. The molecule has 2 aliphatic heterocycles. The maximum Gasteiger partial charge on any atom is 0.257 e. The van der Waals surface area contributed by atoms with Crippen LogP contribution >= 0.6 is 0 Å². The standard InChI is InChI=1S/C29H38N4O4/c1-2-3-14-32-15-17-36-25-10-5-4-8-22(25)9-6-7-13-29(28(32)35)21-33(16-18-37-29)27(34)24-19-30-26(31-20-24)23-11-12-23/h4-5,8,10,19-20,23H,2-3,6-7,9,11-18,21H2,1H3. The maximum absolute atomic E-state index is 14.1. The third kappa shape index (κ3) is 5.95. The fraction of sp³-hybridized carbons (Fsp3) is 0.586. The van der Waals surface area contributed by atoms with Gasteiger partial charge in [-0.3, -0.25) is 9.59 Å². The number of amides is 2. The van der Waals surface area contributed by atoms with E-state index in [-0.39, 0.29) is 18.4 Å². The number of carbonyl (C=O) groups excluding carboxylic acids is 2. The summed E-state index contributed by atoms with van der Waals surface area (Å²) in [4.78, 5) is 40.0. The van der Waals surface area contributed by atoms with E-state index in [1.165, 1.54) is 5.56 Å². The highest BCUT2D eigenvalue weighted by Gasteiger charge is 2.46. The summed E-state index contributed by atoms with van der Waals surface area (Å²) in [5, 5.41) is 0. The molecule has 3 aliphatic rings. The van der Waals surface area contributed by atoms with E-state index in [2.05, 4.69) is 23.0 Å². The number of hydrogen-bond donors (Lipinski definition) is 0. The quantitative estimate of drug-likeness (QED) is 0.610. The number of fused-ring (bicyclic) bond motifs is 1. The van der Waals surface area contributed by atoms with E-state index in [9.17, 15) is 9.59 Å². The minimum Gasteiger partial charge on any atom is -0.491 e. The van der Waals surface area contributed by atoms with E-state index in [0.717, 1.165) is 56.5 Å². The van der Waals surface area contributed by atoms with Crippen LogP contribution in [0.5, 0.6) is 5.75 Å². The lowest BCUT2D eigenvalue weighted by atomic mass is 9.90. The molecule has 2 fully saturated rings. The van der Waals surface area contributed by atoms with Crippen LogP contribution in [0.15, 0.2) is 36.7 Å². The molecule has 1 spiro atoms. The zero-order valence-electron chi connectivity index (χ0n) is 21.9. The summed E-state index contributed by atoms with van der Waals surface area (Å²) in [6, 6.07) is 8.16. The number of rotatable bonds is 5. The van der Waals surface area contributed by atoms with Crippen LogP contribution in [-0.2, 0) is 16.0 Å². The second kappa shape index (κ2) is 11.6. The van der Waals surface area contributed by atoms with Crippen LogP contribution in [0.4, 0.5) is 0 Å². The van der Waals surface area contributed by atoms with Crippen molar-refractivity contribution in [3.63, 3.8) is 0 Å². The number of morpholine rings is 1. The second-order valence-corrected chi connectivity index (χ2v) is 10.5. The number of hydrogen-bond acceptors (Lipinski definition) is 6. The minimum absolute atomic E-state index is 0.0313. The molecule has 5 rings (SSSR count). The Hall–Kier alpha value is -3.00. The van der Waals surface area contributed by atoms with Crippen LogP contribution in [0.25, 0.3) is 0 Å². The van der Waals surface area contributed by atoms with E-state index in [0.29, 0.717) is 50.8 Å². The minimum atomic E-state index is -1.05. The van der Waals surface area contributed by atoms with Gasteiger partial charge in [0.25, 0.3) is 11.8 Å². The van der Waals surface area contributed by atoms with E-state index < -0.39 is 5.60 Å². The number of unbranched alkanes of at least 4 members (excludes halogenated alkanes) is 1. The van der Waals surface area contributed by atoms with Crippen molar-refractivity contribution in [2.45, 2.75) is 69.8 Å². The zero-order chi connectivity index (χ0) is 25.7. The molecule has 1 unspecified atom stereocenters. The first-order valence-corrected chi connectivity index (χ1v) is 13.8. The first-order chi connectivity index (χ1) is 18.1. The molecule has 1 aromatic heterocycles. The van der Waals surface area contributed by atoms with E-state index >= 15 is 0 Å². The molecule has 2 aromatic rings. The lowest BCUT2D eigenvalue weighted by molar-refractivity contribution is -0.170. The van der Waals surface area contributed by atoms with Gasteiger partial charge in [-0.15, -0.1) is 0 Å². The van der Waals surface area contributed by atoms with Gasteiger partial charge in [-0.2, -0.15) is 0 Å². The number of aryl methyl sites for hydroxylation is 1. The van der Waals surface area contributed by atoms with Gasteiger partial charge in [-0.1, -0.05) is 31.5 Å². The smallest absolute Gasteiger partial charge is 0.257 e. The number of nitrogens with zero attached hydrogens (tertiary/aromatic N) is 4. The largest absolute Gasteiger partial charge is 0.491 e. The Kier molecular flexibility index (Phi) is 8.03. The number of ether oxygens (including phenoxy) is 2. The molecule has 1 saturated carbocycles. The number of carbonyl (C=O) groups is 2. The van der Waals surface area contributed by atoms with Crippen molar-refractivity contribution in [1.82, 2.24) is 19.8 Å². The van der Waals surface area contributed by atoms with Crippen molar-refractivity contribution in [2.75, 3.05) is 39.4 Å². The molecule has 1 saturated heterocycles. The van der Waals surface area contributed by atoms with Crippen molar-refractivity contribution >= 4 is 11.8 Å². The predicted octanol–water partition coefficient (Wildman–Crippen LogP) is 4.00. The van der Waals surface area contributed by atoms with Gasteiger partial charge in [0.15, 0.2) is 5.60 Å². The molecule has 1 atom stereocenters. The van der Waals surface area contributed by atoms with Crippen molar-refractivity contribution in [3.8, 4) is 5.75 Å². The molecule has 1 aliphatic carbocycles. The Morgan fingerprint density at radius 3 is 2.70 bits per heavy atom. The molecule has 8 nitrogen and oxygen atoms in total. The maximum atomic E-state index is 14.1. The van der Waals surface area contributed by atoms with Crippen LogP contribution < -0.4 is 4.74 Å². The van der Waals surface area contributed by atoms with Gasteiger partial charge >= 0.3 is 0 Å². The summed E-state index contributed by atoms with van der Waals surface area (Å²) in [5.74, 6) is 1.99. The summed E-state index contributed by atoms with van der Waals surface area (Å²) in [5.41, 5.74) is 0.615. The summed E-state index contributed by atoms with van der Waals surface area (Å²) >= 11 is 0. The molecule has 37 heavy (non-hydrogen) atoms. The molecule has 2 amide bonds. The molecular formula is C29H38N4O4. The summed E-state index contributed by atoms with van der Waals surface area (Å²) in [6.45, 7) is 4.71. The van der Waals surface area contributed by atoms with E-state index in [4.69, 9.17) is 9.47 Å². The van der Waals surface area contributed by atoms with Gasteiger partial charge in [0.1, 0.15) is 18.2 Å². The van der Waals surface area contributed by atoms with Gasteiger partial charge < -0.3 is 19.3 Å². The normalized spacial score (nSPS) is 23.1. The Morgan fingerprint density at radius 2 is 1.92 bits per heavy atom. The third-order valence-electron chi connectivity index (χ3n) is 7.66. The van der Waals surface area contributed by atoms with Crippen LogP contribution in [-0.4, -0.2) is 76.6 Å². The van der Waals surface area contributed by atoms with Crippen LogP contribution in [0.1, 0.15) is 79.5 Å². The molecule has 8 heteroatoms. The summed E-state index contributed by atoms with van der Waals surface area (Å²) in [7, 11) is 0. The van der Waals surface area contributed by atoms with Crippen molar-refractivity contribution in [1.29, 1.82) is 0 Å². The summed E-state index contributed by atoms with van der Waals surface area (Å²) < 4.78 is 12.4. The summed E-state index contributed by atoms with van der Waals surface area (Å²) in [6.07, 6.45) is 10.6. The first kappa shape index (κ1) is 25.6. The van der Waals surface area contributed by atoms with Gasteiger partial charge in [-0.05, 0) is 56.6 Å². The molecule has 0 N–H and O–H groups in total. The highest BCUT2D eigenvalue weighted by Crippen LogP contribution is 2.37. The second-order valence-electron chi connectivity index (χ2n) is 10.5. The Labute approximate surface area is 219 Å². The van der Waals surface area contributed by atoms with Crippen LogP contribution in [0, 0.1) is 0 Å². The highest BCUT2D eigenvalue weighted by molar-refractivity contribution is 5.95. The first-order valence-electron chi connectivity index (χ1n) is 13.8. The van der Waals surface area contributed by atoms with E-state index in [1.807, 2.05) is 23.1 Å². The molecular weight excluding hydrogens is 468 g/mol. The fourth-order valence-electron chi connectivity index (χ4n) is 5.32. The zero-order valence-corrected chi connectivity index (χ0v) is 21.9. The SMILES string of the molecule is CCCCN1CCOc2ccccc2CCCCC2(CN(C(=O)c3cnc(C4CC4)nc3)CCO2)C1=O. The molecule has 0 bridgehead atoms. The molecule has 1 aromatic carbocycles. The Balaban J connectivity index is 1.36. The number of para-hydroxylation sites is 1. The topological polar surface area (TPSA) is 84.9 Å². The average molecular weight is 507 g/mol. The van der Waals surface area contributed by atoms with Crippen molar-refractivity contribution in [3.05, 3.63) is 53.6 Å².